The van der Waals surface area contributed by atoms with Crippen molar-refractivity contribution in [3.8, 4) is 5.75 Å². The minimum Gasteiger partial charge on any atom is -0.491 e. The van der Waals surface area contributed by atoms with Gasteiger partial charge in [-0.2, -0.15) is 0 Å². The zero-order valence-electron chi connectivity index (χ0n) is 16.6. The highest BCUT2D eigenvalue weighted by atomic mass is 32.1. The molecule has 0 radical (unpaired) electrons. The number of nitrogens with one attached hydrogen (secondary N) is 2. The van der Waals surface area contributed by atoms with Crippen LogP contribution in [0.25, 0.3) is 0 Å². The molecule has 158 valence electrons. The molecule has 0 saturated heterocycles. The molecule has 0 fully saturated rings. The van der Waals surface area contributed by atoms with Crippen molar-refractivity contribution < 1.29 is 14.5 Å². The predicted molar refractivity (Wildman–Crippen MR) is 123 cm³/mol. The molecule has 31 heavy (non-hydrogen) atoms. The van der Waals surface area contributed by atoms with Crippen molar-refractivity contribution in [2.24, 2.45) is 0 Å². The van der Waals surface area contributed by atoms with Crippen LogP contribution < -0.4 is 15.4 Å². The second-order valence-corrected chi connectivity index (χ2v) is 7.06. The molecule has 0 aliphatic heterocycles. The first-order valence-corrected chi connectivity index (χ1v) is 10.1. The molecule has 3 rings (SSSR count). The number of aryl methyl sites for hydroxylation is 1. The minimum atomic E-state index is -0.557. The van der Waals surface area contributed by atoms with Gasteiger partial charge in [0.25, 0.3) is 11.6 Å². The van der Waals surface area contributed by atoms with E-state index in [1.807, 2.05) is 36.4 Å². The van der Waals surface area contributed by atoms with Gasteiger partial charge in [0.2, 0.25) is 0 Å². The lowest BCUT2D eigenvalue weighted by Crippen LogP contribution is -2.34. The molecule has 1 amide bonds. The number of ether oxygens (including phenoxy) is 1. The number of non-ortho nitro benzene ring substituents is 1. The average molecular weight is 436 g/mol. The fourth-order valence-electron chi connectivity index (χ4n) is 2.89. The number of carbonyl (C=O) groups is 1. The number of benzene rings is 3. The van der Waals surface area contributed by atoms with Gasteiger partial charge in [-0.1, -0.05) is 48.5 Å². The zero-order chi connectivity index (χ0) is 22.1. The predicted octanol–water partition coefficient (Wildman–Crippen LogP) is 4.73. The summed E-state index contributed by atoms with van der Waals surface area (Å²) in [7, 11) is 0. The van der Waals surface area contributed by atoms with Crippen LogP contribution in [-0.2, 0) is 6.42 Å². The molecule has 7 nitrogen and oxygen atoms in total. The molecule has 0 aliphatic carbocycles. The van der Waals surface area contributed by atoms with E-state index < -0.39 is 10.8 Å². The van der Waals surface area contributed by atoms with Crippen molar-refractivity contribution in [1.82, 2.24) is 5.32 Å². The third kappa shape index (κ3) is 6.61. The first kappa shape index (κ1) is 21.9. The van der Waals surface area contributed by atoms with Gasteiger partial charge in [0.1, 0.15) is 5.75 Å². The van der Waals surface area contributed by atoms with Crippen molar-refractivity contribution in [2.45, 2.75) is 12.8 Å². The number of nitrogens with zero attached hydrogens (tertiary/aromatic N) is 1. The summed E-state index contributed by atoms with van der Waals surface area (Å²) in [6.07, 6.45) is 1.76. The lowest BCUT2D eigenvalue weighted by Gasteiger charge is -2.14. The van der Waals surface area contributed by atoms with Crippen LogP contribution in [0.1, 0.15) is 22.3 Å². The van der Waals surface area contributed by atoms with Crippen molar-refractivity contribution >= 4 is 34.6 Å². The van der Waals surface area contributed by atoms with E-state index in [0.29, 0.717) is 18.0 Å². The molecule has 0 unspecified atom stereocenters. The minimum absolute atomic E-state index is 0.0665. The fraction of sp³-hybridized carbons (Fsp3) is 0.130. The molecular weight excluding hydrogens is 414 g/mol. The molecule has 2 N–H and O–H groups in total. The normalized spacial score (nSPS) is 10.2. The Kier molecular flexibility index (Phi) is 7.67. The van der Waals surface area contributed by atoms with E-state index in [2.05, 4.69) is 22.8 Å². The lowest BCUT2D eigenvalue weighted by atomic mass is 10.1. The number of nitro benzene ring substituents is 1. The maximum absolute atomic E-state index is 12.4. The lowest BCUT2D eigenvalue weighted by molar-refractivity contribution is -0.384. The second-order valence-electron chi connectivity index (χ2n) is 6.65. The summed E-state index contributed by atoms with van der Waals surface area (Å²) in [5, 5.41) is 16.4. The number of rotatable bonds is 8. The van der Waals surface area contributed by atoms with E-state index in [-0.39, 0.29) is 16.4 Å². The summed E-state index contributed by atoms with van der Waals surface area (Å²) in [4.78, 5) is 22.7. The Morgan fingerprint density at radius 1 is 1.00 bits per heavy atom. The fourth-order valence-corrected chi connectivity index (χ4v) is 3.09. The molecule has 0 saturated carbocycles. The van der Waals surface area contributed by atoms with Crippen molar-refractivity contribution in [3.63, 3.8) is 0 Å². The summed E-state index contributed by atoms with van der Waals surface area (Å²) >= 11 is 5.22. The number of thiocarbonyl (C=S) groups is 1. The van der Waals surface area contributed by atoms with Crippen LogP contribution >= 0.6 is 12.2 Å². The summed E-state index contributed by atoms with van der Waals surface area (Å²) in [5.74, 6) is 0.0740. The summed E-state index contributed by atoms with van der Waals surface area (Å²) in [6.45, 7) is 0.528. The third-order valence-corrected chi connectivity index (χ3v) is 4.60. The van der Waals surface area contributed by atoms with Gasteiger partial charge in [-0.25, -0.2) is 0 Å². The molecule has 3 aromatic rings. The van der Waals surface area contributed by atoms with E-state index in [1.165, 1.54) is 29.8 Å². The Morgan fingerprint density at radius 3 is 2.52 bits per heavy atom. The van der Waals surface area contributed by atoms with Crippen molar-refractivity contribution in [1.29, 1.82) is 0 Å². The first-order chi connectivity index (χ1) is 15.0. The smallest absolute Gasteiger partial charge is 0.270 e. The van der Waals surface area contributed by atoms with E-state index >= 15 is 0 Å². The van der Waals surface area contributed by atoms with Crippen LogP contribution in [0.3, 0.4) is 0 Å². The van der Waals surface area contributed by atoms with Crippen LogP contribution in [0.4, 0.5) is 11.4 Å². The largest absolute Gasteiger partial charge is 0.491 e. The van der Waals surface area contributed by atoms with Crippen LogP contribution in [0.15, 0.2) is 78.9 Å². The van der Waals surface area contributed by atoms with Gasteiger partial charge >= 0.3 is 0 Å². The first-order valence-electron chi connectivity index (χ1n) is 9.65. The Balaban J connectivity index is 1.54. The van der Waals surface area contributed by atoms with Gasteiger partial charge in [0, 0.05) is 17.7 Å². The van der Waals surface area contributed by atoms with E-state index in [4.69, 9.17) is 17.0 Å². The highest BCUT2D eigenvalue weighted by Crippen LogP contribution is 2.24. The van der Waals surface area contributed by atoms with E-state index in [0.717, 1.165) is 12.8 Å². The highest BCUT2D eigenvalue weighted by Gasteiger charge is 2.13. The van der Waals surface area contributed by atoms with Crippen molar-refractivity contribution in [2.75, 3.05) is 11.9 Å². The van der Waals surface area contributed by atoms with Gasteiger partial charge in [-0.05, 0) is 48.8 Å². The van der Waals surface area contributed by atoms with E-state index in [9.17, 15) is 14.9 Å². The van der Waals surface area contributed by atoms with Crippen LogP contribution in [0.2, 0.25) is 0 Å². The SMILES string of the molecule is O=C(NC(=S)Nc1ccccc1OCCCc1ccccc1)c1cccc([N+](=O)[O-])c1. The quantitative estimate of drug-likeness (QED) is 0.230. The number of amides is 1. The molecule has 8 heteroatoms. The number of para-hydroxylation sites is 2. The number of carbonyl (C=O) groups excluding carboxylic acids is 1. The monoisotopic (exact) mass is 435 g/mol. The average Bonchev–Trinajstić information content (AvgIpc) is 2.78. The molecule has 3 aromatic carbocycles. The van der Waals surface area contributed by atoms with Crippen molar-refractivity contribution in [3.05, 3.63) is 100 Å². The number of anilines is 1. The molecule has 0 heterocycles. The second kappa shape index (κ2) is 10.8. The Morgan fingerprint density at radius 2 is 1.74 bits per heavy atom. The summed E-state index contributed by atoms with van der Waals surface area (Å²) < 4.78 is 5.88. The molecule has 0 aromatic heterocycles. The topological polar surface area (TPSA) is 93.5 Å². The molecule has 0 spiro atoms. The molecule has 0 bridgehead atoms. The summed E-state index contributed by atoms with van der Waals surface area (Å²) in [5.41, 5.74) is 1.85. The zero-order valence-corrected chi connectivity index (χ0v) is 17.4. The van der Waals surface area contributed by atoms with Crippen LogP contribution in [0.5, 0.6) is 5.75 Å². The Labute approximate surface area is 185 Å². The third-order valence-electron chi connectivity index (χ3n) is 4.39. The maximum atomic E-state index is 12.4. The number of hydrogen-bond donors (Lipinski definition) is 2. The van der Waals surface area contributed by atoms with Gasteiger partial charge in [0.05, 0.1) is 17.2 Å². The Bertz CT molecular complexity index is 1070. The summed E-state index contributed by atoms with van der Waals surface area (Å²) in [6, 6.07) is 22.9. The van der Waals surface area contributed by atoms with E-state index in [1.54, 1.807) is 6.07 Å². The molecule has 0 aliphatic rings. The van der Waals surface area contributed by atoms with Gasteiger partial charge < -0.3 is 10.1 Å². The molecule has 0 atom stereocenters. The van der Waals surface area contributed by atoms with Crippen LogP contribution in [-0.4, -0.2) is 22.5 Å². The number of hydrogen-bond acceptors (Lipinski definition) is 5. The van der Waals surface area contributed by atoms with Crippen LogP contribution in [0, 0.1) is 10.1 Å². The van der Waals surface area contributed by atoms with Gasteiger partial charge in [-0.15, -0.1) is 0 Å². The van der Waals surface area contributed by atoms with Gasteiger partial charge in [0.15, 0.2) is 5.11 Å². The number of nitro groups is 1. The van der Waals surface area contributed by atoms with Gasteiger partial charge in [-0.3, -0.25) is 20.2 Å². The maximum Gasteiger partial charge on any atom is 0.270 e. The highest BCUT2D eigenvalue weighted by molar-refractivity contribution is 7.80. The molecular formula is C23H21N3O4S. The standard InChI is InChI=1S/C23H21N3O4S/c27-22(18-11-6-12-19(16-18)26(28)29)25-23(31)24-20-13-4-5-14-21(20)30-15-7-10-17-8-2-1-3-9-17/h1-6,8-9,11-14,16H,7,10,15H2,(H2,24,25,27,31). The Hall–Kier alpha value is -3.78.